The Bertz CT molecular complexity index is 3380. The molecule has 34 nitrogen and oxygen atoms in total. The summed E-state index contributed by atoms with van der Waals surface area (Å²) in [6.07, 6.45) is 16.1. The van der Waals surface area contributed by atoms with E-state index in [1.807, 2.05) is 41.3 Å². The number of aliphatic imine (C=N–C) groups is 1. The van der Waals surface area contributed by atoms with Crippen molar-refractivity contribution in [2.45, 2.75) is 147 Å². The summed E-state index contributed by atoms with van der Waals surface area (Å²) in [5.41, 5.74) is 7.06. The molecule has 1 saturated carbocycles. The molecule has 0 bridgehead atoms. The number of amidine groups is 1. The average Bonchev–Trinajstić information content (AvgIpc) is 1.70. The number of imide groups is 1. The number of nitrogens with two attached hydrogens (primary N) is 1. The number of nitrogens with zero attached hydrogens (tertiary/aromatic N) is 6. The topological polar surface area (TPSA) is 388 Å². The molecule has 9 amide bonds. The third-order valence-corrected chi connectivity index (χ3v) is 22.9. The van der Waals surface area contributed by atoms with Gasteiger partial charge in [-0.25, -0.2) is 4.99 Å². The molecule has 2 aromatic carbocycles. The summed E-state index contributed by atoms with van der Waals surface area (Å²) in [6, 6.07) is 12.5. The maximum atomic E-state index is 14.2. The molecule has 0 spiro atoms. The highest BCUT2D eigenvalue weighted by Gasteiger charge is 2.41. The molecular weight excluding hydrogens is 1630 g/mol. The molecule has 4 unspecified atom stereocenters. The van der Waals surface area contributed by atoms with E-state index < -0.39 is 17.2 Å². The normalized spacial score (nSPS) is 17.1. The number of nitrogens with one attached hydrogen (secondary N) is 5. The Labute approximate surface area is 736 Å². The Morgan fingerprint density at radius 2 is 1.02 bits per heavy atom. The van der Waals surface area contributed by atoms with Crippen LogP contribution in [0.2, 0.25) is 5.02 Å². The van der Waals surface area contributed by atoms with E-state index >= 15 is 0 Å². The smallest absolute Gasteiger partial charge is 0.242 e. The molecule has 0 radical (unpaired) electrons. The Kier molecular flexibility index (Phi) is 54.5. The molecule has 123 heavy (non-hydrogen) atoms. The molecule has 36 heteroatoms. The van der Waals surface area contributed by atoms with Crippen LogP contribution >= 0.6 is 23.4 Å². The molecule has 7 rings (SSSR count). The van der Waals surface area contributed by atoms with Gasteiger partial charge >= 0.3 is 0 Å². The van der Waals surface area contributed by atoms with Crippen LogP contribution in [-0.2, 0) is 100.0 Å². The number of amides is 9. The van der Waals surface area contributed by atoms with Crippen LogP contribution in [0.4, 0.5) is 5.69 Å². The number of rotatable bonds is 70. The monoisotopic (exact) mass is 1770 g/mol. The second-order valence-corrected chi connectivity index (χ2v) is 32.6. The number of carbonyl (C=O) groups is 9. The van der Waals surface area contributed by atoms with Gasteiger partial charge in [0.05, 0.1) is 176 Å². The predicted molar refractivity (Wildman–Crippen MR) is 466 cm³/mol. The molecule has 4 fully saturated rings. The molecule has 5 aliphatic rings. The van der Waals surface area contributed by atoms with E-state index in [0.717, 1.165) is 67.2 Å². The lowest BCUT2D eigenvalue weighted by molar-refractivity contribution is -0.144. The van der Waals surface area contributed by atoms with Crippen LogP contribution in [0.5, 0.6) is 11.5 Å². The predicted octanol–water partition coefficient (Wildman–Crippen LogP) is 5.46. The van der Waals surface area contributed by atoms with E-state index in [1.54, 1.807) is 6.07 Å². The number of primary amides is 1. The van der Waals surface area contributed by atoms with Crippen LogP contribution in [0.1, 0.15) is 141 Å². The number of para-hydroxylation sites is 2. The van der Waals surface area contributed by atoms with Crippen LogP contribution in [-0.4, -0.2) is 357 Å². The molecule has 3 saturated heterocycles. The minimum Gasteiger partial charge on any atom is -0.454 e. The van der Waals surface area contributed by atoms with Crippen LogP contribution in [0.3, 0.4) is 0 Å². The number of unbranched alkanes of at least 4 members (excludes halogenated alkanes) is 9. The van der Waals surface area contributed by atoms with Crippen molar-refractivity contribution in [1.29, 1.82) is 0 Å². The van der Waals surface area contributed by atoms with E-state index in [0.29, 0.717) is 272 Å². The van der Waals surface area contributed by atoms with Gasteiger partial charge < -0.3 is 104 Å². The van der Waals surface area contributed by atoms with E-state index in [4.69, 9.17) is 83.9 Å². The van der Waals surface area contributed by atoms with Crippen molar-refractivity contribution < 1.29 is 105 Å². The van der Waals surface area contributed by atoms with Crippen molar-refractivity contribution >= 4 is 88.1 Å². The number of ether oxygens (including phenoxy) is 13. The maximum Gasteiger partial charge on any atom is 0.242 e. The highest BCUT2D eigenvalue weighted by Crippen LogP contribution is 2.40. The minimum atomic E-state index is -0.700. The Hall–Kier alpha value is -6.78. The van der Waals surface area contributed by atoms with Crippen molar-refractivity contribution in [3.05, 3.63) is 53.1 Å². The van der Waals surface area contributed by atoms with E-state index in [-0.39, 0.29) is 111 Å². The van der Waals surface area contributed by atoms with E-state index in [9.17, 15) is 43.2 Å². The highest BCUT2D eigenvalue weighted by atomic mass is 35.5. The number of piperazine rings is 2. The number of carbonyl (C=O) groups excluding carboxylic acids is 9. The van der Waals surface area contributed by atoms with Crippen molar-refractivity contribution in [3.8, 4) is 11.5 Å². The van der Waals surface area contributed by atoms with Gasteiger partial charge in [0.2, 0.25) is 53.2 Å². The Balaban J connectivity index is 0.542. The van der Waals surface area contributed by atoms with E-state index in [2.05, 4.69) is 48.2 Å². The number of benzene rings is 2. The quantitative estimate of drug-likeness (QED) is 0.0354. The number of hydrogen-bond donors (Lipinski definition) is 6. The third kappa shape index (κ3) is 44.0. The molecule has 1 aliphatic carbocycles. The van der Waals surface area contributed by atoms with Crippen LogP contribution in [0, 0.1) is 11.8 Å². The van der Waals surface area contributed by atoms with Gasteiger partial charge in [-0.15, -0.1) is 11.8 Å². The first-order valence-corrected chi connectivity index (χ1v) is 46.3. The van der Waals surface area contributed by atoms with Crippen molar-refractivity contribution in [2.24, 2.45) is 22.6 Å². The summed E-state index contributed by atoms with van der Waals surface area (Å²) in [5, 5.41) is 14.5. The third-order valence-electron chi connectivity index (χ3n) is 21.4. The summed E-state index contributed by atoms with van der Waals surface area (Å²) in [5.74, 6) is -0.0922. The van der Waals surface area contributed by atoms with Gasteiger partial charge in [-0.05, 0) is 68.9 Å². The first kappa shape index (κ1) is 103. The fraction of sp³-hybridized carbons (Fsp3) is 0.747. The second-order valence-electron chi connectivity index (χ2n) is 30.8. The Morgan fingerprint density at radius 3 is 1.59 bits per heavy atom. The number of thioether (sulfide) groups is 1. The molecular formula is C87H141ClN12O22S. The lowest BCUT2D eigenvalue weighted by atomic mass is 9.77. The fourth-order valence-corrected chi connectivity index (χ4v) is 15.8. The summed E-state index contributed by atoms with van der Waals surface area (Å²) in [4.78, 5) is 130. The van der Waals surface area contributed by atoms with Gasteiger partial charge in [0.1, 0.15) is 23.3 Å². The maximum absolute atomic E-state index is 14.2. The standard InChI is InChI=1S/C87H141ClN12O22S/c1-2-3-4-5-6-7-8-9-10-22-80(103)94-74(83(89)106)20-15-16-27-90-79(102)26-41-110-43-45-112-47-49-114-51-53-116-55-57-118-59-61-120-63-64-121-62-60-119-58-56-117-54-52-115-50-48-113-46-44-111-42-29-91-78(101)25-31-100-82(105)67-77(87(100)109)123-65-30-92-81(104)68-97-35-33-96(34-36-97)32-28-93-85(107)70-17-11-12-18-71(70)86(108)99-39-37-98(38-40-99)84-72-66-69(88)23-24-75(72)122-76-21-14-13-19-73(76)95-84/h13-14,19,21,23-24,66,70-71,74,77H,2-12,15-18,20,22,25-65,67-68H2,1H3,(H2,89,106)(H,90,102)(H,91,101)(H,92,104)(H,93,107)(H,94,103). The largest absolute Gasteiger partial charge is 0.454 e. The molecule has 4 aliphatic heterocycles. The number of halogens is 1. The molecule has 7 N–H and O–H groups in total. The van der Waals surface area contributed by atoms with Crippen molar-refractivity contribution in [1.82, 2.24) is 51.1 Å². The number of fused-ring (bicyclic) bond motifs is 2. The van der Waals surface area contributed by atoms with Crippen molar-refractivity contribution in [3.63, 3.8) is 0 Å². The van der Waals surface area contributed by atoms with Gasteiger partial charge in [-0.1, -0.05) is 94.9 Å². The number of likely N-dealkylation sites (tertiary alicyclic amines) is 1. The number of hydrogen-bond acceptors (Lipinski definition) is 27. The van der Waals surface area contributed by atoms with Gasteiger partial charge in [0.25, 0.3) is 0 Å². The van der Waals surface area contributed by atoms with Gasteiger partial charge in [-0.3, -0.25) is 57.9 Å². The van der Waals surface area contributed by atoms with Crippen LogP contribution in [0.25, 0.3) is 0 Å². The van der Waals surface area contributed by atoms with Crippen molar-refractivity contribution in [2.75, 3.05) is 262 Å². The molecule has 2 aromatic rings. The molecule has 4 atom stereocenters. The fourth-order valence-electron chi connectivity index (χ4n) is 14.5. The highest BCUT2D eigenvalue weighted by molar-refractivity contribution is 8.00. The SMILES string of the molecule is CCCCCCCCCCCC(=O)NC(CCCCNC(=O)CCOCCOCCOCCOCCOCCOCCOCCOCCOCCOCCOCCOCCNC(=O)CCN1C(=O)CC(SCCNC(=O)CN2CCN(CCNC(=O)C3CCCCC3C(=O)N3CCN(C4=Nc5ccccc5Oc5ccc(Cl)cc54)CC3)CC2)C1=O)C(N)=O. The van der Waals surface area contributed by atoms with Gasteiger partial charge in [0, 0.05) is 140 Å². The molecule has 694 valence electrons. The lowest BCUT2D eigenvalue weighted by Gasteiger charge is -2.40. The summed E-state index contributed by atoms with van der Waals surface area (Å²) in [7, 11) is 0. The Morgan fingerprint density at radius 1 is 0.504 bits per heavy atom. The van der Waals surface area contributed by atoms with Crippen LogP contribution in [0.15, 0.2) is 47.5 Å². The zero-order valence-corrected chi connectivity index (χ0v) is 74.4. The minimum absolute atomic E-state index is 0.0127. The molecule has 0 aromatic heterocycles. The summed E-state index contributed by atoms with van der Waals surface area (Å²) >= 11 is 7.79. The van der Waals surface area contributed by atoms with Gasteiger partial charge in [0.15, 0.2) is 5.75 Å². The summed E-state index contributed by atoms with van der Waals surface area (Å²) < 4.78 is 72.7. The zero-order chi connectivity index (χ0) is 87.4. The lowest BCUT2D eigenvalue weighted by Crippen LogP contribution is -2.54. The second kappa shape index (κ2) is 64.9. The average molecular weight is 1770 g/mol. The van der Waals surface area contributed by atoms with Crippen LogP contribution < -0.4 is 37.1 Å². The first-order chi connectivity index (χ1) is 60.2. The zero-order valence-electron chi connectivity index (χ0n) is 72.8. The van der Waals surface area contributed by atoms with E-state index in [1.165, 1.54) is 50.3 Å². The summed E-state index contributed by atoms with van der Waals surface area (Å²) in [6.45, 7) is 19.4. The first-order valence-electron chi connectivity index (χ1n) is 44.9. The molecule has 4 heterocycles. The van der Waals surface area contributed by atoms with Gasteiger partial charge in [-0.2, -0.15) is 0 Å².